The number of phenolic OH excluding ortho intramolecular Hbond substituents is 1. The number of aromatic hydroxyl groups is 1. The number of hydrogen-bond donors (Lipinski definition) is 3. The smallest absolute Gasteiger partial charge is 0.277 e. The van der Waals surface area contributed by atoms with E-state index in [1.807, 2.05) is 13.8 Å². The highest BCUT2D eigenvalue weighted by molar-refractivity contribution is 6.31. The summed E-state index contributed by atoms with van der Waals surface area (Å²) in [6.07, 6.45) is 1.10. The number of H-pyrrole nitrogens is 1. The van der Waals surface area contributed by atoms with Crippen LogP contribution in [0.5, 0.6) is 5.75 Å². The number of carbonyl (C=O) groups excluding carboxylic acids is 1. The predicted octanol–water partition coefficient (Wildman–Crippen LogP) is 2.51. The summed E-state index contributed by atoms with van der Waals surface area (Å²) in [5.41, 5.74) is 0.864. The summed E-state index contributed by atoms with van der Waals surface area (Å²) < 4.78 is 0. The molecule has 116 valence electrons. The second-order valence-electron chi connectivity index (χ2n) is 4.68. The van der Waals surface area contributed by atoms with Gasteiger partial charge in [0.25, 0.3) is 11.5 Å². The number of anilines is 1. The molecule has 0 radical (unpaired) electrons. The molecule has 6 nitrogen and oxygen atoms in total. The maximum Gasteiger partial charge on any atom is 0.277 e. The van der Waals surface area contributed by atoms with Crippen molar-refractivity contribution in [3.63, 3.8) is 0 Å². The zero-order valence-corrected chi connectivity index (χ0v) is 13.0. The Morgan fingerprint density at radius 2 is 2.09 bits per heavy atom. The van der Waals surface area contributed by atoms with E-state index >= 15 is 0 Å². The van der Waals surface area contributed by atoms with Crippen LogP contribution >= 0.6 is 11.6 Å². The van der Waals surface area contributed by atoms with Crippen LogP contribution < -0.4 is 10.9 Å². The van der Waals surface area contributed by atoms with E-state index in [0.29, 0.717) is 29.1 Å². The van der Waals surface area contributed by atoms with Gasteiger partial charge in [0.05, 0.1) is 11.4 Å². The molecule has 0 aliphatic heterocycles. The number of halogens is 1. The summed E-state index contributed by atoms with van der Waals surface area (Å²) in [7, 11) is 0. The van der Waals surface area contributed by atoms with Crippen molar-refractivity contribution in [3.8, 4) is 5.75 Å². The Bertz CT molecular complexity index is 771. The van der Waals surface area contributed by atoms with Gasteiger partial charge in [0.1, 0.15) is 11.3 Å². The lowest BCUT2D eigenvalue weighted by Gasteiger charge is -2.11. The van der Waals surface area contributed by atoms with Crippen molar-refractivity contribution in [2.45, 2.75) is 26.7 Å². The Labute approximate surface area is 132 Å². The van der Waals surface area contributed by atoms with E-state index in [9.17, 15) is 14.7 Å². The molecule has 0 saturated heterocycles. The third-order valence-corrected chi connectivity index (χ3v) is 3.53. The van der Waals surface area contributed by atoms with Gasteiger partial charge in [0.2, 0.25) is 0 Å². The second kappa shape index (κ2) is 6.62. The largest absolute Gasteiger partial charge is 0.506 e. The molecule has 1 aromatic heterocycles. The minimum atomic E-state index is -0.604. The van der Waals surface area contributed by atoms with E-state index in [2.05, 4.69) is 15.5 Å². The molecule has 2 aromatic rings. The fraction of sp³-hybridized carbons (Fsp3) is 0.267. The molecule has 0 atom stereocenters. The van der Waals surface area contributed by atoms with Crippen LogP contribution in [-0.2, 0) is 12.8 Å². The van der Waals surface area contributed by atoms with E-state index < -0.39 is 11.5 Å². The zero-order chi connectivity index (χ0) is 16.3. The summed E-state index contributed by atoms with van der Waals surface area (Å²) in [5.74, 6) is -0.732. The van der Waals surface area contributed by atoms with Gasteiger partial charge < -0.3 is 10.4 Å². The Balaban J connectivity index is 2.46. The third-order valence-electron chi connectivity index (χ3n) is 3.29. The molecule has 2 rings (SSSR count). The average Bonchev–Trinajstić information content (AvgIpc) is 2.50. The van der Waals surface area contributed by atoms with Crippen LogP contribution in [0.25, 0.3) is 0 Å². The van der Waals surface area contributed by atoms with Crippen molar-refractivity contribution in [2.75, 3.05) is 5.32 Å². The maximum atomic E-state index is 12.4. The fourth-order valence-corrected chi connectivity index (χ4v) is 2.40. The number of carbonyl (C=O) groups is 1. The van der Waals surface area contributed by atoms with Gasteiger partial charge in [-0.1, -0.05) is 25.4 Å². The van der Waals surface area contributed by atoms with Gasteiger partial charge in [-0.25, -0.2) is 5.10 Å². The Kier molecular flexibility index (Phi) is 4.82. The van der Waals surface area contributed by atoms with Crippen molar-refractivity contribution < 1.29 is 9.90 Å². The zero-order valence-electron chi connectivity index (χ0n) is 12.2. The molecule has 0 spiro atoms. The van der Waals surface area contributed by atoms with Crippen molar-refractivity contribution in [2.24, 2.45) is 0 Å². The highest BCUT2D eigenvalue weighted by atomic mass is 35.5. The first-order valence-electron chi connectivity index (χ1n) is 6.88. The Morgan fingerprint density at radius 1 is 1.36 bits per heavy atom. The first-order valence-corrected chi connectivity index (χ1v) is 7.26. The monoisotopic (exact) mass is 321 g/mol. The van der Waals surface area contributed by atoms with E-state index in [0.717, 1.165) is 0 Å². The molecule has 0 fully saturated rings. The average molecular weight is 322 g/mol. The van der Waals surface area contributed by atoms with Gasteiger partial charge in [-0.3, -0.25) is 9.59 Å². The number of aromatic amines is 1. The number of hydrogen-bond acceptors (Lipinski definition) is 4. The van der Waals surface area contributed by atoms with E-state index in [-0.39, 0.29) is 17.0 Å². The molecule has 22 heavy (non-hydrogen) atoms. The van der Waals surface area contributed by atoms with Crippen molar-refractivity contribution in [3.05, 3.63) is 50.4 Å². The normalized spacial score (nSPS) is 10.5. The predicted molar refractivity (Wildman–Crippen MR) is 84.7 cm³/mol. The number of aromatic nitrogens is 2. The van der Waals surface area contributed by atoms with E-state index in [1.54, 1.807) is 0 Å². The molecule has 1 amide bonds. The summed E-state index contributed by atoms with van der Waals surface area (Å²) in [6, 6.07) is 4.28. The number of aryl methyl sites for hydroxylation is 1. The molecule has 1 aromatic carbocycles. The van der Waals surface area contributed by atoms with Crippen LogP contribution in [0, 0.1) is 0 Å². The SMILES string of the molecule is CCc1n[nH]c(=O)c(C(=O)Nc2cc(Cl)ccc2O)c1CC. The maximum absolute atomic E-state index is 12.4. The van der Waals surface area contributed by atoms with Crippen molar-refractivity contribution in [1.29, 1.82) is 0 Å². The van der Waals surface area contributed by atoms with Gasteiger partial charge in [-0.05, 0) is 36.6 Å². The highest BCUT2D eigenvalue weighted by Gasteiger charge is 2.20. The quantitative estimate of drug-likeness (QED) is 0.754. The minimum absolute atomic E-state index is 0.00808. The fourth-order valence-electron chi connectivity index (χ4n) is 2.23. The first-order chi connectivity index (χ1) is 10.5. The first kappa shape index (κ1) is 16.0. The lowest BCUT2D eigenvalue weighted by molar-refractivity contribution is 0.102. The molecule has 0 saturated carbocycles. The van der Waals surface area contributed by atoms with Crippen LogP contribution in [0.4, 0.5) is 5.69 Å². The van der Waals surface area contributed by atoms with Crippen molar-refractivity contribution >= 4 is 23.2 Å². The molecule has 0 aliphatic carbocycles. The number of nitrogens with zero attached hydrogens (tertiary/aromatic N) is 1. The second-order valence-corrected chi connectivity index (χ2v) is 5.11. The number of benzene rings is 1. The molecule has 1 heterocycles. The van der Waals surface area contributed by atoms with Gasteiger partial charge in [0, 0.05) is 5.02 Å². The molecular formula is C15H16ClN3O3. The number of rotatable bonds is 4. The lowest BCUT2D eigenvalue weighted by atomic mass is 10.0. The summed E-state index contributed by atoms with van der Waals surface area (Å²) >= 11 is 5.84. The molecule has 0 bridgehead atoms. The highest BCUT2D eigenvalue weighted by Crippen LogP contribution is 2.27. The molecule has 3 N–H and O–H groups in total. The van der Waals surface area contributed by atoms with Gasteiger partial charge in [0.15, 0.2) is 0 Å². The van der Waals surface area contributed by atoms with Crippen LogP contribution in [0.2, 0.25) is 5.02 Å². The lowest BCUT2D eigenvalue weighted by Crippen LogP contribution is -2.27. The van der Waals surface area contributed by atoms with Gasteiger partial charge in [-0.15, -0.1) is 0 Å². The topological polar surface area (TPSA) is 95.1 Å². The summed E-state index contributed by atoms with van der Waals surface area (Å²) in [6.45, 7) is 3.74. The third kappa shape index (κ3) is 3.12. The van der Waals surface area contributed by atoms with Gasteiger partial charge in [-0.2, -0.15) is 5.10 Å². The number of amides is 1. The summed E-state index contributed by atoms with van der Waals surface area (Å²) in [5, 5.41) is 18.9. The molecular weight excluding hydrogens is 306 g/mol. The molecule has 0 aliphatic rings. The standard InChI is InChI=1S/C15H16ClN3O3/c1-3-9-10(4-2)18-19-15(22)13(9)14(21)17-11-7-8(16)5-6-12(11)20/h5-7,20H,3-4H2,1-2H3,(H,17,21)(H,19,22). The minimum Gasteiger partial charge on any atom is -0.506 e. The molecule has 7 heteroatoms. The van der Waals surface area contributed by atoms with Crippen LogP contribution in [0.1, 0.15) is 35.5 Å². The Morgan fingerprint density at radius 3 is 2.73 bits per heavy atom. The van der Waals surface area contributed by atoms with E-state index in [1.165, 1.54) is 18.2 Å². The van der Waals surface area contributed by atoms with Crippen LogP contribution in [0.3, 0.4) is 0 Å². The Hall–Kier alpha value is -2.34. The van der Waals surface area contributed by atoms with Gasteiger partial charge >= 0.3 is 0 Å². The van der Waals surface area contributed by atoms with E-state index in [4.69, 9.17) is 11.6 Å². The number of nitrogens with one attached hydrogen (secondary N) is 2. The summed E-state index contributed by atoms with van der Waals surface area (Å²) in [4.78, 5) is 24.4. The van der Waals surface area contributed by atoms with Crippen molar-refractivity contribution in [1.82, 2.24) is 10.2 Å². The van der Waals surface area contributed by atoms with Crippen LogP contribution in [-0.4, -0.2) is 21.2 Å². The number of phenols is 1. The van der Waals surface area contributed by atoms with Crippen LogP contribution in [0.15, 0.2) is 23.0 Å². The molecule has 0 unspecified atom stereocenters.